The third-order valence-corrected chi connectivity index (χ3v) is 3.96. The molecule has 0 amide bonds. The molecule has 18 heavy (non-hydrogen) atoms. The zero-order valence-corrected chi connectivity index (χ0v) is 10.2. The van der Waals surface area contributed by atoms with Crippen molar-refractivity contribution < 1.29 is 15.1 Å². The van der Waals surface area contributed by atoms with Gasteiger partial charge in [-0.15, -0.1) is 0 Å². The maximum absolute atomic E-state index is 10.1. The summed E-state index contributed by atoms with van der Waals surface area (Å²) in [5, 5.41) is 29.1. The monoisotopic (exact) mass is 248 g/mol. The van der Waals surface area contributed by atoms with Gasteiger partial charge in [0.2, 0.25) is 0 Å². The molecule has 1 aliphatic heterocycles. The maximum atomic E-state index is 10.1. The van der Waals surface area contributed by atoms with Gasteiger partial charge in [0.15, 0.2) is 17.3 Å². The van der Waals surface area contributed by atoms with E-state index in [1.54, 1.807) is 12.1 Å². The second-order valence-electron chi connectivity index (χ2n) is 4.81. The number of aromatic hydroxyl groups is 1. The molecule has 1 heterocycles. The smallest absolute Gasteiger partial charge is 0.172 e. The Morgan fingerprint density at radius 2 is 2.17 bits per heavy atom. The van der Waals surface area contributed by atoms with Gasteiger partial charge in [-0.1, -0.05) is 6.07 Å². The summed E-state index contributed by atoms with van der Waals surface area (Å²) in [7, 11) is 0. The molecule has 5 heteroatoms. The number of phenols is 1. The van der Waals surface area contributed by atoms with Crippen molar-refractivity contribution in [1.82, 2.24) is 5.06 Å². The van der Waals surface area contributed by atoms with E-state index in [1.165, 1.54) is 0 Å². The van der Waals surface area contributed by atoms with Gasteiger partial charge >= 0.3 is 0 Å². The highest BCUT2D eigenvalue weighted by atomic mass is 16.5. The first-order valence-electron chi connectivity index (χ1n) is 6.19. The van der Waals surface area contributed by atoms with Crippen LogP contribution in [0.3, 0.4) is 0 Å². The molecule has 3 rings (SSSR count). The van der Waals surface area contributed by atoms with Crippen LogP contribution < -0.4 is 4.74 Å². The van der Waals surface area contributed by atoms with Gasteiger partial charge in [-0.2, -0.15) is 0 Å². The molecule has 2 aliphatic rings. The van der Waals surface area contributed by atoms with E-state index in [0.29, 0.717) is 17.9 Å². The van der Waals surface area contributed by atoms with Crippen molar-refractivity contribution in [3.63, 3.8) is 0 Å². The van der Waals surface area contributed by atoms with Gasteiger partial charge in [0, 0.05) is 0 Å². The van der Waals surface area contributed by atoms with Crippen molar-refractivity contribution in [2.24, 2.45) is 0 Å². The zero-order chi connectivity index (χ0) is 12.9. The topological polar surface area (TPSA) is 76.8 Å². The lowest BCUT2D eigenvalue weighted by Gasteiger charge is -2.43. The van der Waals surface area contributed by atoms with Crippen molar-refractivity contribution in [3.05, 3.63) is 23.3 Å². The van der Waals surface area contributed by atoms with Crippen molar-refractivity contribution in [2.45, 2.75) is 31.7 Å². The lowest BCUT2D eigenvalue weighted by molar-refractivity contribution is -0.138. The second kappa shape index (κ2) is 3.62. The number of rotatable bonds is 2. The third-order valence-electron chi connectivity index (χ3n) is 3.96. The molecule has 0 unspecified atom stereocenters. The van der Waals surface area contributed by atoms with Gasteiger partial charge in [0.1, 0.15) is 0 Å². The minimum atomic E-state index is -0.466. The van der Waals surface area contributed by atoms with Crippen LogP contribution in [0.25, 0.3) is 0 Å². The molecule has 0 radical (unpaired) electrons. The molecule has 3 N–H and O–H groups in total. The Kier molecular flexibility index (Phi) is 2.28. The average Bonchev–Trinajstić information content (AvgIpc) is 2.53. The molecule has 0 aromatic heterocycles. The van der Waals surface area contributed by atoms with E-state index < -0.39 is 5.54 Å². The van der Waals surface area contributed by atoms with Crippen LogP contribution in [-0.2, 0) is 5.54 Å². The first-order chi connectivity index (χ1) is 8.62. The molecule has 96 valence electrons. The average molecular weight is 248 g/mol. The zero-order valence-electron chi connectivity index (χ0n) is 10.2. The lowest BCUT2D eigenvalue weighted by Crippen LogP contribution is -2.46. The van der Waals surface area contributed by atoms with Gasteiger partial charge in [0.05, 0.1) is 17.7 Å². The number of amidine groups is 1. The van der Waals surface area contributed by atoms with Gasteiger partial charge in [-0.3, -0.25) is 10.6 Å². The Morgan fingerprint density at radius 3 is 2.72 bits per heavy atom. The summed E-state index contributed by atoms with van der Waals surface area (Å²) in [6.45, 7) is 2.24. The fraction of sp³-hybridized carbons (Fsp3) is 0.462. The number of hydrogen-bond acceptors (Lipinski definition) is 4. The number of nitrogens with one attached hydrogen (secondary N) is 1. The Morgan fingerprint density at radius 1 is 1.44 bits per heavy atom. The highest BCUT2D eigenvalue weighted by molar-refractivity contribution is 6.04. The number of ether oxygens (including phenoxy) is 1. The molecule has 1 spiro atoms. The third kappa shape index (κ3) is 1.17. The quantitative estimate of drug-likeness (QED) is 0.750. The summed E-state index contributed by atoms with van der Waals surface area (Å²) in [6, 6.07) is 3.37. The van der Waals surface area contributed by atoms with Gasteiger partial charge < -0.3 is 9.84 Å². The normalized spacial score (nSPS) is 19.9. The number of benzene rings is 1. The Balaban J connectivity index is 2.21. The van der Waals surface area contributed by atoms with Gasteiger partial charge in [-0.05, 0) is 37.8 Å². The molecule has 5 nitrogen and oxygen atoms in total. The van der Waals surface area contributed by atoms with Crippen LogP contribution in [0.5, 0.6) is 11.5 Å². The maximum Gasteiger partial charge on any atom is 0.172 e. The molecule has 1 aromatic rings. The van der Waals surface area contributed by atoms with Crippen LogP contribution in [0, 0.1) is 5.41 Å². The fourth-order valence-electron chi connectivity index (χ4n) is 2.91. The number of hydroxylamine groups is 2. The van der Waals surface area contributed by atoms with E-state index in [0.717, 1.165) is 29.9 Å². The predicted molar refractivity (Wildman–Crippen MR) is 65.3 cm³/mol. The summed E-state index contributed by atoms with van der Waals surface area (Å²) < 4.78 is 5.43. The van der Waals surface area contributed by atoms with Crippen molar-refractivity contribution in [3.8, 4) is 11.5 Å². The van der Waals surface area contributed by atoms with Crippen LogP contribution in [0.4, 0.5) is 0 Å². The molecular weight excluding hydrogens is 232 g/mol. The second-order valence-corrected chi connectivity index (χ2v) is 4.81. The van der Waals surface area contributed by atoms with Gasteiger partial charge in [0.25, 0.3) is 0 Å². The van der Waals surface area contributed by atoms with Crippen molar-refractivity contribution >= 4 is 5.84 Å². The standard InChI is InChI=1S/C13H16N2O3/c1-2-18-11-9(16)5-4-8-10(11)12(14)15(17)13(8)6-3-7-13/h4-5,14,16-17H,2-3,6-7H2,1H3. The molecule has 1 saturated carbocycles. The van der Waals surface area contributed by atoms with E-state index in [-0.39, 0.29) is 11.6 Å². The molecule has 0 saturated heterocycles. The number of fused-ring (bicyclic) bond motifs is 2. The van der Waals surface area contributed by atoms with Crippen LogP contribution in [-0.4, -0.2) is 27.8 Å². The van der Waals surface area contributed by atoms with Crippen LogP contribution >= 0.6 is 0 Å². The minimum absolute atomic E-state index is 0.0176. The van der Waals surface area contributed by atoms with Crippen LogP contribution in [0.1, 0.15) is 37.3 Å². The van der Waals surface area contributed by atoms with E-state index in [4.69, 9.17) is 10.1 Å². The van der Waals surface area contributed by atoms with Crippen LogP contribution in [0.15, 0.2) is 12.1 Å². The number of nitrogens with zero attached hydrogens (tertiary/aromatic N) is 1. The molecule has 0 bridgehead atoms. The summed E-state index contributed by atoms with van der Waals surface area (Å²) in [5.41, 5.74) is 0.952. The van der Waals surface area contributed by atoms with Gasteiger partial charge in [-0.25, -0.2) is 5.06 Å². The summed E-state index contributed by atoms with van der Waals surface area (Å²) in [6.07, 6.45) is 2.69. The molecule has 0 atom stereocenters. The van der Waals surface area contributed by atoms with Crippen LogP contribution in [0.2, 0.25) is 0 Å². The molecule has 1 aliphatic carbocycles. The Hall–Kier alpha value is -1.75. The summed E-state index contributed by atoms with van der Waals surface area (Å²) >= 11 is 0. The predicted octanol–water partition coefficient (Wildman–Crippen LogP) is 2.20. The van der Waals surface area contributed by atoms with E-state index in [2.05, 4.69) is 0 Å². The highest BCUT2D eigenvalue weighted by Crippen LogP contribution is 2.54. The Labute approximate surface area is 105 Å². The summed E-state index contributed by atoms with van der Waals surface area (Å²) in [5.74, 6) is 0.344. The fourth-order valence-corrected chi connectivity index (χ4v) is 2.91. The molecule has 1 aromatic carbocycles. The van der Waals surface area contributed by atoms with Crippen molar-refractivity contribution in [1.29, 1.82) is 5.41 Å². The molecular formula is C13H16N2O3. The SMILES string of the molecule is CCOc1c(O)ccc2c1C(=N)N(O)C21CCC1. The number of phenolic OH excluding ortho intramolecular Hbond substituents is 1. The van der Waals surface area contributed by atoms with E-state index in [9.17, 15) is 10.3 Å². The largest absolute Gasteiger partial charge is 0.504 e. The Bertz CT molecular complexity index is 523. The van der Waals surface area contributed by atoms with E-state index in [1.807, 2.05) is 6.92 Å². The summed E-state index contributed by atoms with van der Waals surface area (Å²) in [4.78, 5) is 0. The molecule has 1 fully saturated rings. The van der Waals surface area contributed by atoms with E-state index >= 15 is 0 Å². The first-order valence-corrected chi connectivity index (χ1v) is 6.19. The highest BCUT2D eigenvalue weighted by Gasteiger charge is 2.53. The first kappa shape index (κ1) is 11.3. The van der Waals surface area contributed by atoms with Crippen molar-refractivity contribution in [2.75, 3.05) is 6.61 Å². The number of hydrogen-bond donors (Lipinski definition) is 3. The minimum Gasteiger partial charge on any atom is -0.504 e. The lowest BCUT2D eigenvalue weighted by atomic mass is 9.72.